The largest absolute Gasteiger partial charge is 0.481 e. The summed E-state index contributed by atoms with van der Waals surface area (Å²) in [6.07, 6.45) is 4.02. The number of ketones is 1. The van der Waals surface area contributed by atoms with E-state index in [1.54, 1.807) is 36.8 Å². The lowest BCUT2D eigenvalue weighted by molar-refractivity contribution is 0.104. The van der Waals surface area contributed by atoms with Crippen LogP contribution in [0, 0.1) is 12.8 Å². The molecule has 136 valence electrons. The molecule has 3 aromatic rings. The molecular weight excluding hydrogens is 346 g/mol. The maximum atomic E-state index is 12.8. The molecule has 1 aliphatic rings. The van der Waals surface area contributed by atoms with Crippen molar-refractivity contribution < 1.29 is 9.53 Å². The fourth-order valence-corrected chi connectivity index (χ4v) is 4.78. The first kappa shape index (κ1) is 17.2. The highest BCUT2D eigenvalue weighted by Gasteiger charge is 2.19. The zero-order chi connectivity index (χ0) is 18.1. The van der Waals surface area contributed by atoms with Crippen LogP contribution in [0.25, 0.3) is 10.2 Å². The summed E-state index contributed by atoms with van der Waals surface area (Å²) in [6, 6.07) is 7.70. The molecule has 0 amide bonds. The highest BCUT2D eigenvalue weighted by Crippen LogP contribution is 2.32. The van der Waals surface area contributed by atoms with Crippen LogP contribution in [0.4, 0.5) is 0 Å². The Balaban J connectivity index is 1.61. The molecule has 4 rings (SSSR count). The lowest BCUT2D eigenvalue weighted by Gasteiger charge is -2.23. The monoisotopic (exact) mass is 369 g/mol. The van der Waals surface area contributed by atoms with E-state index in [0.717, 1.165) is 29.9 Å². The Kier molecular flexibility index (Phi) is 4.78. The summed E-state index contributed by atoms with van der Waals surface area (Å²) in [4.78, 5) is 18.9. The van der Waals surface area contributed by atoms with E-state index < -0.39 is 0 Å². The summed E-state index contributed by atoms with van der Waals surface area (Å²) in [5.74, 6) is 1.24. The van der Waals surface area contributed by atoms with E-state index in [2.05, 4.69) is 27.9 Å². The SMILES string of the molecule is COc1ccc(C(=O)c2cc3cc(C)n(CC4CCNCC4)c3s2)cn1. The number of piperidine rings is 1. The number of ether oxygens (including phenoxy) is 1. The standard InChI is InChI=1S/C20H23N3O2S/c1-13-9-16-10-17(19(24)15-3-4-18(25-2)22-11-15)26-20(16)23(13)12-14-5-7-21-8-6-14/h3-4,9-11,14,21H,5-8,12H2,1-2H3. The number of hydrogen-bond donors (Lipinski definition) is 1. The minimum Gasteiger partial charge on any atom is -0.481 e. The summed E-state index contributed by atoms with van der Waals surface area (Å²) in [5.41, 5.74) is 1.87. The van der Waals surface area contributed by atoms with Gasteiger partial charge in [-0.3, -0.25) is 4.79 Å². The number of nitrogens with zero attached hydrogens (tertiary/aromatic N) is 2. The Hall–Kier alpha value is -2.18. The second kappa shape index (κ2) is 7.21. The minimum atomic E-state index is 0.0208. The van der Waals surface area contributed by atoms with Gasteiger partial charge in [0.05, 0.1) is 12.0 Å². The molecule has 1 N–H and O–H groups in total. The van der Waals surface area contributed by atoms with Crippen molar-refractivity contribution in [2.75, 3.05) is 20.2 Å². The van der Waals surface area contributed by atoms with Crippen LogP contribution < -0.4 is 10.1 Å². The van der Waals surface area contributed by atoms with E-state index in [1.807, 2.05) is 6.07 Å². The molecular formula is C20H23N3O2S. The number of pyridine rings is 1. The lowest BCUT2D eigenvalue weighted by atomic mass is 9.98. The number of rotatable bonds is 5. The zero-order valence-electron chi connectivity index (χ0n) is 15.1. The van der Waals surface area contributed by atoms with Crippen LogP contribution in [0.15, 0.2) is 30.5 Å². The molecule has 6 heteroatoms. The number of nitrogens with one attached hydrogen (secondary N) is 1. The van der Waals surface area contributed by atoms with Crippen LogP contribution in [0.2, 0.25) is 0 Å². The molecule has 3 aromatic heterocycles. The quantitative estimate of drug-likeness (QED) is 0.698. The lowest BCUT2D eigenvalue weighted by Crippen LogP contribution is -2.29. The van der Waals surface area contributed by atoms with Gasteiger partial charge >= 0.3 is 0 Å². The van der Waals surface area contributed by atoms with Crippen molar-refractivity contribution in [3.05, 3.63) is 46.6 Å². The number of aromatic nitrogens is 2. The zero-order valence-corrected chi connectivity index (χ0v) is 15.9. The van der Waals surface area contributed by atoms with E-state index >= 15 is 0 Å². The molecule has 1 fully saturated rings. The molecule has 0 atom stereocenters. The molecule has 0 spiro atoms. The highest BCUT2D eigenvalue weighted by molar-refractivity contribution is 7.20. The molecule has 4 heterocycles. The maximum absolute atomic E-state index is 12.8. The van der Waals surface area contributed by atoms with Gasteiger partial charge in [-0.05, 0) is 57.0 Å². The summed E-state index contributed by atoms with van der Waals surface area (Å²) < 4.78 is 7.45. The minimum absolute atomic E-state index is 0.0208. The number of carbonyl (C=O) groups is 1. The van der Waals surface area contributed by atoms with E-state index in [4.69, 9.17) is 4.74 Å². The van der Waals surface area contributed by atoms with Gasteiger partial charge in [-0.15, -0.1) is 11.3 Å². The van der Waals surface area contributed by atoms with Crippen molar-refractivity contribution in [3.8, 4) is 5.88 Å². The molecule has 26 heavy (non-hydrogen) atoms. The molecule has 0 saturated carbocycles. The van der Waals surface area contributed by atoms with Crippen molar-refractivity contribution in [1.82, 2.24) is 14.9 Å². The third kappa shape index (κ3) is 3.27. The van der Waals surface area contributed by atoms with Crippen LogP contribution in [0.1, 0.15) is 33.8 Å². The van der Waals surface area contributed by atoms with Gasteiger partial charge in [-0.2, -0.15) is 0 Å². The Morgan fingerprint density at radius 1 is 1.35 bits per heavy atom. The molecule has 0 radical (unpaired) electrons. The van der Waals surface area contributed by atoms with Gasteiger partial charge in [0.15, 0.2) is 0 Å². The Bertz CT molecular complexity index is 921. The van der Waals surface area contributed by atoms with Gasteiger partial charge in [0.2, 0.25) is 11.7 Å². The number of thiophene rings is 1. The van der Waals surface area contributed by atoms with Crippen molar-refractivity contribution in [1.29, 1.82) is 0 Å². The van der Waals surface area contributed by atoms with Crippen LogP contribution in [-0.4, -0.2) is 35.5 Å². The van der Waals surface area contributed by atoms with Crippen LogP contribution >= 0.6 is 11.3 Å². The fourth-order valence-electron chi connectivity index (χ4n) is 3.61. The summed E-state index contributed by atoms with van der Waals surface area (Å²) >= 11 is 1.58. The van der Waals surface area contributed by atoms with Gasteiger partial charge in [0, 0.05) is 35.5 Å². The second-order valence-electron chi connectivity index (χ2n) is 6.88. The van der Waals surface area contributed by atoms with Gasteiger partial charge in [0.1, 0.15) is 4.83 Å². The predicted octanol–water partition coefficient (Wildman–Crippen LogP) is 3.65. The van der Waals surface area contributed by atoms with Crippen LogP contribution in [-0.2, 0) is 6.54 Å². The van der Waals surface area contributed by atoms with E-state index in [9.17, 15) is 4.79 Å². The summed E-state index contributed by atoms with van der Waals surface area (Å²) in [6.45, 7) is 5.40. The average Bonchev–Trinajstić information content (AvgIpc) is 3.21. The van der Waals surface area contributed by atoms with Crippen LogP contribution in [0.5, 0.6) is 5.88 Å². The molecule has 1 aliphatic heterocycles. The molecule has 0 aromatic carbocycles. The number of fused-ring (bicyclic) bond motifs is 1. The van der Waals surface area contributed by atoms with Gasteiger partial charge < -0.3 is 14.6 Å². The van der Waals surface area contributed by atoms with Gasteiger partial charge in [-0.1, -0.05) is 0 Å². The number of hydrogen-bond acceptors (Lipinski definition) is 5. The number of carbonyl (C=O) groups excluding carboxylic acids is 1. The van der Waals surface area contributed by atoms with E-state index in [1.165, 1.54) is 23.4 Å². The van der Waals surface area contributed by atoms with Crippen molar-refractivity contribution in [2.45, 2.75) is 26.3 Å². The first-order chi connectivity index (χ1) is 12.7. The topological polar surface area (TPSA) is 56.1 Å². The Morgan fingerprint density at radius 3 is 2.85 bits per heavy atom. The predicted molar refractivity (Wildman–Crippen MR) is 104 cm³/mol. The highest BCUT2D eigenvalue weighted by atomic mass is 32.1. The number of aryl methyl sites for hydroxylation is 1. The fraction of sp³-hybridized carbons (Fsp3) is 0.400. The molecule has 0 unspecified atom stereocenters. The maximum Gasteiger partial charge on any atom is 0.212 e. The van der Waals surface area contributed by atoms with E-state index in [0.29, 0.717) is 17.4 Å². The third-order valence-electron chi connectivity index (χ3n) is 5.11. The first-order valence-electron chi connectivity index (χ1n) is 9.01. The van der Waals surface area contributed by atoms with Crippen LogP contribution in [0.3, 0.4) is 0 Å². The summed E-state index contributed by atoms with van der Waals surface area (Å²) in [5, 5.41) is 4.58. The average molecular weight is 369 g/mol. The van der Waals surface area contributed by atoms with Crippen molar-refractivity contribution >= 4 is 27.3 Å². The Morgan fingerprint density at radius 2 is 2.15 bits per heavy atom. The third-order valence-corrected chi connectivity index (χ3v) is 6.28. The van der Waals surface area contributed by atoms with Crippen molar-refractivity contribution in [2.24, 2.45) is 5.92 Å². The van der Waals surface area contributed by atoms with E-state index in [-0.39, 0.29) is 5.78 Å². The second-order valence-corrected chi connectivity index (χ2v) is 7.91. The molecule has 0 aliphatic carbocycles. The normalized spacial score (nSPS) is 15.5. The van der Waals surface area contributed by atoms with Crippen molar-refractivity contribution in [3.63, 3.8) is 0 Å². The molecule has 5 nitrogen and oxygen atoms in total. The number of methoxy groups -OCH3 is 1. The van der Waals surface area contributed by atoms with Gasteiger partial charge in [-0.25, -0.2) is 4.98 Å². The molecule has 0 bridgehead atoms. The Labute approximate surface area is 157 Å². The van der Waals surface area contributed by atoms with Gasteiger partial charge in [0.25, 0.3) is 0 Å². The summed E-state index contributed by atoms with van der Waals surface area (Å²) in [7, 11) is 1.57. The molecule has 1 saturated heterocycles. The first-order valence-corrected chi connectivity index (χ1v) is 9.82. The smallest absolute Gasteiger partial charge is 0.212 e.